The highest BCUT2D eigenvalue weighted by atomic mass is 16.4. The second-order valence-corrected chi connectivity index (χ2v) is 2.86. The summed E-state index contributed by atoms with van der Waals surface area (Å²) in [7, 11) is 0. The van der Waals surface area contributed by atoms with E-state index >= 15 is 0 Å². The molecule has 0 aromatic rings. The van der Waals surface area contributed by atoms with E-state index in [2.05, 4.69) is 0 Å². The fraction of sp³-hybridized carbons (Fsp3) is 0.857. The summed E-state index contributed by atoms with van der Waals surface area (Å²) in [6, 6.07) is -0.732. The minimum atomic E-state index is -0.936. The van der Waals surface area contributed by atoms with Gasteiger partial charge in [0.05, 0.1) is 0 Å². The van der Waals surface area contributed by atoms with Gasteiger partial charge in [-0.15, -0.1) is 0 Å². The van der Waals surface area contributed by atoms with E-state index in [1.165, 1.54) is 0 Å². The first-order valence-corrected chi connectivity index (χ1v) is 3.76. The minimum Gasteiger partial charge on any atom is -0.480 e. The Morgan fingerprint density at radius 3 is 2.45 bits per heavy atom. The zero-order chi connectivity index (χ0) is 8.85. The molecule has 0 spiro atoms. The van der Waals surface area contributed by atoms with Crippen molar-refractivity contribution < 1.29 is 9.90 Å². The van der Waals surface area contributed by atoms with Gasteiger partial charge in [-0.2, -0.15) is 0 Å². The van der Waals surface area contributed by atoms with E-state index < -0.39 is 12.0 Å². The van der Waals surface area contributed by atoms with E-state index in [9.17, 15) is 4.79 Å². The third-order valence-corrected chi connectivity index (χ3v) is 1.69. The number of rotatable bonds is 5. The SMILES string of the molecule is CC(CN)CC[C@H](N)C(=O)O. The standard InChI is InChI=1S/C7H16N2O2/c1-5(4-8)2-3-6(9)7(10)11/h5-6H,2-4,8-9H2,1H3,(H,10,11)/t5?,6-/m0/s1. The van der Waals surface area contributed by atoms with Crippen molar-refractivity contribution in [3.05, 3.63) is 0 Å². The molecule has 0 saturated carbocycles. The van der Waals surface area contributed by atoms with Crippen molar-refractivity contribution in [1.29, 1.82) is 0 Å². The van der Waals surface area contributed by atoms with Crippen LogP contribution in [0.15, 0.2) is 0 Å². The highest BCUT2D eigenvalue weighted by Gasteiger charge is 2.11. The van der Waals surface area contributed by atoms with E-state index in [4.69, 9.17) is 16.6 Å². The van der Waals surface area contributed by atoms with Crippen LogP contribution >= 0.6 is 0 Å². The Bertz CT molecular complexity index is 128. The normalized spacial score (nSPS) is 15.9. The lowest BCUT2D eigenvalue weighted by Crippen LogP contribution is -2.30. The van der Waals surface area contributed by atoms with Crippen LogP contribution in [0.25, 0.3) is 0 Å². The Labute approximate surface area is 66.6 Å². The monoisotopic (exact) mass is 160 g/mol. The third-order valence-electron chi connectivity index (χ3n) is 1.69. The summed E-state index contributed by atoms with van der Waals surface area (Å²) in [5.74, 6) is -0.574. The first kappa shape index (κ1) is 10.4. The molecular formula is C7H16N2O2. The molecule has 66 valence electrons. The molecule has 0 aliphatic carbocycles. The molecule has 0 amide bonds. The number of carboxylic acids is 1. The summed E-state index contributed by atoms with van der Waals surface area (Å²) in [5.41, 5.74) is 10.6. The van der Waals surface area contributed by atoms with Crippen molar-refractivity contribution in [2.45, 2.75) is 25.8 Å². The predicted octanol–water partition coefficient (Wildman–Crippen LogP) is -0.227. The van der Waals surface area contributed by atoms with Crippen molar-refractivity contribution in [3.63, 3.8) is 0 Å². The molecule has 0 bridgehead atoms. The average molecular weight is 160 g/mol. The van der Waals surface area contributed by atoms with Gasteiger partial charge in [0.2, 0.25) is 0 Å². The van der Waals surface area contributed by atoms with Gasteiger partial charge in [-0.05, 0) is 25.3 Å². The molecular weight excluding hydrogens is 144 g/mol. The summed E-state index contributed by atoms with van der Waals surface area (Å²) in [5, 5.41) is 8.41. The first-order valence-electron chi connectivity index (χ1n) is 3.76. The van der Waals surface area contributed by atoms with Crippen LogP contribution in [0, 0.1) is 5.92 Å². The Hall–Kier alpha value is -0.610. The molecule has 0 heterocycles. The van der Waals surface area contributed by atoms with E-state index in [0.29, 0.717) is 18.9 Å². The highest BCUT2D eigenvalue weighted by Crippen LogP contribution is 2.04. The number of carbonyl (C=O) groups is 1. The Morgan fingerprint density at radius 2 is 2.09 bits per heavy atom. The average Bonchev–Trinajstić information content (AvgIpc) is 1.99. The highest BCUT2D eigenvalue weighted by molar-refractivity contribution is 5.72. The molecule has 2 atom stereocenters. The van der Waals surface area contributed by atoms with Gasteiger partial charge < -0.3 is 16.6 Å². The summed E-state index contributed by atoms with van der Waals surface area (Å²) in [6.45, 7) is 2.57. The summed E-state index contributed by atoms with van der Waals surface area (Å²) in [4.78, 5) is 10.2. The van der Waals surface area contributed by atoms with E-state index in [0.717, 1.165) is 6.42 Å². The zero-order valence-corrected chi connectivity index (χ0v) is 6.79. The molecule has 0 rings (SSSR count). The zero-order valence-electron chi connectivity index (χ0n) is 6.79. The molecule has 11 heavy (non-hydrogen) atoms. The Balaban J connectivity index is 3.45. The van der Waals surface area contributed by atoms with Crippen molar-refractivity contribution in [1.82, 2.24) is 0 Å². The van der Waals surface area contributed by atoms with Gasteiger partial charge in [0.15, 0.2) is 0 Å². The number of hydrogen-bond donors (Lipinski definition) is 3. The molecule has 0 aromatic heterocycles. The lowest BCUT2D eigenvalue weighted by Gasteiger charge is -2.09. The Kier molecular flexibility index (Phi) is 4.81. The summed E-state index contributed by atoms with van der Waals surface area (Å²) in [6.07, 6.45) is 1.29. The molecule has 5 N–H and O–H groups in total. The van der Waals surface area contributed by atoms with Crippen LogP contribution in [-0.2, 0) is 4.79 Å². The largest absolute Gasteiger partial charge is 0.480 e. The molecule has 0 saturated heterocycles. The molecule has 0 aromatic carbocycles. The van der Waals surface area contributed by atoms with Crippen LogP contribution in [0.3, 0.4) is 0 Å². The lowest BCUT2D eigenvalue weighted by atomic mass is 10.0. The van der Waals surface area contributed by atoms with Gasteiger partial charge in [-0.25, -0.2) is 0 Å². The van der Waals surface area contributed by atoms with Crippen LogP contribution in [-0.4, -0.2) is 23.7 Å². The van der Waals surface area contributed by atoms with Crippen molar-refractivity contribution >= 4 is 5.97 Å². The Morgan fingerprint density at radius 1 is 1.55 bits per heavy atom. The van der Waals surface area contributed by atoms with Crippen LogP contribution in [0.5, 0.6) is 0 Å². The van der Waals surface area contributed by atoms with Crippen molar-refractivity contribution in [3.8, 4) is 0 Å². The van der Waals surface area contributed by atoms with Crippen molar-refractivity contribution in [2.75, 3.05) is 6.54 Å². The maximum Gasteiger partial charge on any atom is 0.320 e. The van der Waals surface area contributed by atoms with Crippen molar-refractivity contribution in [2.24, 2.45) is 17.4 Å². The minimum absolute atomic E-state index is 0.361. The molecule has 4 heteroatoms. The van der Waals surface area contributed by atoms with Gasteiger partial charge in [-0.1, -0.05) is 6.92 Å². The van der Waals surface area contributed by atoms with Gasteiger partial charge in [0, 0.05) is 0 Å². The van der Waals surface area contributed by atoms with E-state index in [-0.39, 0.29) is 0 Å². The second kappa shape index (κ2) is 5.09. The molecule has 0 aliphatic heterocycles. The number of nitrogens with two attached hydrogens (primary N) is 2. The van der Waals surface area contributed by atoms with Gasteiger partial charge in [0.25, 0.3) is 0 Å². The number of carboxylic acid groups (broad SMARTS) is 1. The maximum atomic E-state index is 10.2. The summed E-state index contributed by atoms with van der Waals surface area (Å²) >= 11 is 0. The topological polar surface area (TPSA) is 89.3 Å². The second-order valence-electron chi connectivity index (χ2n) is 2.86. The number of aliphatic carboxylic acids is 1. The van der Waals surface area contributed by atoms with Crippen LogP contribution < -0.4 is 11.5 Å². The fourth-order valence-electron chi connectivity index (χ4n) is 0.705. The molecule has 0 aliphatic rings. The molecule has 4 nitrogen and oxygen atoms in total. The lowest BCUT2D eigenvalue weighted by molar-refractivity contribution is -0.138. The predicted molar refractivity (Wildman–Crippen MR) is 43.1 cm³/mol. The quantitative estimate of drug-likeness (QED) is 0.518. The summed E-state index contributed by atoms with van der Waals surface area (Å²) < 4.78 is 0. The van der Waals surface area contributed by atoms with Crippen LogP contribution in [0.1, 0.15) is 19.8 Å². The van der Waals surface area contributed by atoms with Gasteiger partial charge in [-0.3, -0.25) is 4.79 Å². The van der Waals surface area contributed by atoms with E-state index in [1.54, 1.807) is 0 Å². The van der Waals surface area contributed by atoms with Gasteiger partial charge in [0.1, 0.15) is 6.04 Å². The molecule has 1 unspecified atom stereocenters. The first-order chi connectivity index (χ1) is 5.07. The maximum absolute atomic E-state index is 10.2. The smallest absolute Gasteiger partial charge is 0.320 e. The van der Waals surface area contributed by atoms with Gasteiger partial charge >= 0.3 is 5.97 Å². The van der Waals surface area contributed by atoms with E-state index in [1.807, 2.05) is 6.92 Å². The third kappa shape index (κ3) is 4.75. The van der Waals surface area contributed by atoms with Crippen LogP contribution in [0.2, 0.25) is 0 Å². The molecule has 0 radical (unpaired) electrons. The fourth-order valence-corrected chi connectivity index (χ4v) is 0.705. The number of hydrogen-bond acceptors (Lipinski definition) is 3. The van der Waals surface area contributed by atoms with Crippen LogP contribution in [0.4, 0.5) is 0 Å². The molecule has 0 fully saturated rings.